The van der Waals surface area contributed by atoms with Crippen LogP contribution in [0.5, 0.6) is 0 Å². The molecule has 106 valence electrons. The summed E-state index contributed by atoms with van der Waals surface area (Å²) in [7, 11) is 0. The highest BCUT2D eigenvalue weighted by Crippen LogP contribution is 2.28. The number of benzene rings is 1. The first-order chi connectivity index (χ1) is 9.54. The number of nitrogens with zero attached hydrogens (tertiary/aromatic N) is 2. The number of rotatable bonds is 5. The minimum absolute atomic E-state index is 0.505. The molecule has 0 aliphatic heterocycles. The topological polar surface area (TPSA) is 37.8 Å². The van der Waals surface area contributed by atoms with Crippen LogP contribution in [0.3, 0.4) is 0 Å². The van der Waals surface area contributed by atoms with Gasteiger partial charge in [-0.2, -0.15) is 0 Å². The van der Waals surface area contributed by atoms with Gasteiger partial charge in [-0.25, -0.2) is 9.97 Å². The van der Waals surface area contributed by atoms with E-state index in [1.54, 1.807) is 18.0 Å². The van der Waals surface area contributed by atoms with E-state index in [1.807, 2.05) is 13.0 Å². The van der Waals surface area contributed by atoms with Crippen LogP contribution in [0.15, 0.2) is 40.5 Å². The van der Waals surface area contributed by atoms with Crippen molar-refractivity contribution in [3.05, 3.63) is 47.3 Å². The Bertz CT molecular complexity index is 582. The van der Waals surface area contributed by atoms with Gasteiger partial charge in [0.15, 0.2) is 5.16 Å². The molecule has 20 heavy (non-hydrogen) atoms. The van der Waals surface area contributed by atoms with E-state index in [0.717, 1.165) is 17.4 Å². The molecule has 0 saturated carbocycles. The molecule has 3 nitrogen and oxygen atoms in total. The predicted octanol–water partition coefficient (Wildman–Crippen LogP) is 3.74. The van der Waals surface area contributed by atoms with Crippen LogP contribution in [0.25, 0.3) is 0 Å². The van der Waals surface area contributed by atoms with Crippen molar-refractivity contribution < 1.29 is 0 Å². The predicted molar refractivity (Wildman–Crippen MR) is 84.0 cm³/mol. The van der Waals surface area contributed by atoms with Crippen molar-refractivity contribution in [2.75, 3.05) is 0 Å². The molecular weight excluding hydrogens is 266 g/mol. The average molecular weight is 287 g/mol. The second-order valence-corrected chi connectivity index (χ2v) is 6.23. The molecule has 2 aromatic rings. The van der Waals surface area contributed by atoms with Crippen molar-refractivity contribution in [1.29, 1.82) is 0 Å². The van der Waals surface area contributed by atoms with Crippen LogP contribution in [0.2, 0.25) is 0 Å². The van der Waals surface area contributed by atoms with Gasteiger partial charge in [0.1, 0.15) is 0 Å². The quantitative estimate of drug-likeness (QED) is 0.850. The Morgan fingerprint density at radius 3 is 2.65 bits per heavy atom. The third kappa shape index (κ3) is 4.32. The molecule has 0 fully saturated rings. The van der Waals surface area contributed by atoms with Crippen molar-refractivity contribution in [1.82, 2.24) is 15.3 Å². The van der Waals surface area contributed by atoms with Crippen LogP contribution in [0.1, 0.15) is 30.7 Å². The van der Waals surface area contributed by atoms with Crippen LogP contribution < -0.4 is 5.32 Å². The van der Waals surface area contributed by atoms with Crippen molar-refractivity contribution >= 4 is 11.8 Å². The highest BCUT2D eigenvalue weighted by atomic mass is 32.2. The van der Waals surface area contributed by atoms with Gasteiger partial charge < -0.3 is 5.32 Å². The average Bonchev–Trinajstić information content (AvgIpc) is 2.39. The number of hydrogen-bond acceptors (Lipinski definition) is 4. The number of aromatic nitrogens is 2. The van der Waals surface area contributed by atoms with Gasteiger partial charge in [0.25, 0.3) is 0 Å². The molecule has 1 heterocycles. The maximum Gasteiger partial charge on any atom is 0.192 e. The summed E-state index contributed by atoms with van der Waals surface area (Å²) in [5.41, 5.74) is 3.58. The monoisotopic (exact) mass is 287 g/mol. The summed E-state index contributed by atoms with van der Waals surface area (Å²) in [6.45, 7) is 9.35. The summed E-state index contributed by atoms with van der Waals surface area (Å²) in [5.74, 6) is 0. The molecule has 0 radical (unpaired) electrons. The van der Waals surface area contributed by atoms with E-state index in [4.69, 9.17) is 0 Å². The minimum Gasteiger partial charge on any atom is -0.310 e. The number of aryl methyl sites for hydroxylation is 2. The zero-order valence-corrected chi connectivity index (χ0v) is 13.3. The zero-order valence-electron chi connectivity index (χ0n) is 12.5. The summed E-state index contributed by atoms with van der Waals surface area (Å²) in [6.07, 6.45) is 1.81. The molecule has 1 N–H and O–H groups in total. The smallest absolute Gasteiger partial charge is 0.192 e. The fourth-order valence-corrected chi connectivity index (χ4v) is 2.69. The molecule has 2 rings (SSSR count). The van der Waals surface area contributed by atoms with Crippen molar-refractivity contribution in [3.8, 4) is 0 Å². The molecule has 0 bridgehead atoms. The van der Waals surface area contributed by atoms with E-state index in [1.165, 1.54) is 16.0 Å². The molecule has 1 aromatic heterocycles. The fourth-order valence-electron chi connectivity index (χ4n) is 1.83. The van der Waals surface area contributed by atoms with Crippen molar-refractivity contribution in [2.24, 2.45) is 0 Å². The number of nitrogens with one attached hydrogen (secondary N) is 1. The Morgan fingerprint density at radius 1 is 1.20 bits per heavy atom. The largest absolute Gasteiger partial charge is 0.310 e. The lowest BCUT2D eigenvalue weighted by molar-refractivity contribution is 0.588. The highest BCUT2D eigenvalue weighted by molar-refractivity contribution is 7.99. The van der Waals surface area contributed by atoms with Gasteiger partial charge in [0.2, 0.25) is 0 Å². The Balaban J connectivity index is 2.09. The molecule has 0 aliphatic carbocycles. The molecule has 0 atom stereocenters. The third-order valence-corrected chi connectivity index (χ3v) is 3.98. The van der Waals surface area contributed by atoms with Gasteiger partial charge in [0.05, 0.1) is 0 Å². The Morgan fingerprint density at radius 2 is 2.00 bits per heavy atom. The van der Waals surface area contributed by atoms with Gasteiger partial charge in [-0.15, -0.1) is 0 Å². The van der Waals surface area contributed by atoms with E-state index >= 15 is 0 Å². The molecule has 0 amide bonds. The fraction of sp³-hybridized carbons (Fsp3) is 0.375. The zero-order chi connectivity index (χ0) is 14.5. The van der Waals surface area contributed by atoms with E-state index in [-0.39, 0.29) is 0 Å². The van der Waals surface area contributed by atoms with Gasteiger partial charge in [-0.1, -0.05) is 26.0 Å². The van der Waals surface area contributed by atoms with Gasteiger partial charge in [-0.05, 0) is 48.9 Å². The van der Waals surface area contributed by atoms with Crippen LogP contribution >= 0.6 is 11.8 Å². The van der Waals surface area contributed by atoms with E-state index in [0.29, 0.717) is 6.04 Å². The lowest BCUT2D eigenvalue weighted by atomic mass is 10.1. The Hall–Kier alpha value is -1.39. The maximum atomic E-state index is 4.43. The minimum atomic E-state index is 0.505. The third-order valence-electron chi connectivity index (χ3n) is 2.93. The lowest BCUT2D eigenvalue weighted by Crippen LogP contribution is -2.21. The second kappa shape index (κ2) is 6.86. The normalized spacial score (nSPS) is 11.1. The summed E-state index contributed by atoms with van der Waals surface area (Å²) in [6, 6.07) is 8.97. The van der Waals surface area contributed by atoms with E-state index in [2.05, 4.69) is 54.3 Å². The Kier molecular flexibility index (Phi) is 5.15. The molecule has 0 unspecified atom stereocenters. The molecule has 0 saturated heterocycles. The standard InChI is InChI=1S/C16H21N3S/c1-11(2)18-10-14-5-6-15(12(3)9-14)20-16-17-8-7-13(4)19-16/h5-9,11,18H,10H2,1-4H3. The molecule has 1 aromatic carbocycles. The lowest BCUT2D eigenvalue weighted by Gasteiger charge is -2.10. The summed E-state index contributed by atoms with van der Waals surface area (Å²) < 4.78 is 0. The van der Waals surface area contributed by atoms with Gasteiger partial charge in [-0.3, -0.25) is 0 Å². The van der Waals surface area contributed by atoms with Gasteiger partial charge >= 0.3 is 0 Å². The summed E-state index contributed by atoms with van der Waals surface area (Å²) in [5, 5.41) is 4.24. The van der Waals surface area contributed by atoms with Crippen molar-refractivity contribution in [2.45, 2.75) is 50.3 Å². The van der Waals surface area contributed by atoms with Gasteiger partial charge in [0, 0.05) is 29.4 Å². The molecular formula is C16H21N3S. The SMILES string of the molecule is Cc1ccnc(Sc2ccc(CNC(C)C)cc2C)n1. The first kappa shape index (κ1) is 15.0. The highest BCUT2D eigenvalue weighted by Gasteiger charge is 2.05. The second-order valence-electron chi connectivity index (χ2n) is 5.22. The molecule has 0 aliphatic rings. The maximum absolute atomic E-state index is 4.43. The summed E-state index contributed by atoms with van der Waals surface area (Å²) >= 11 is 1.62. The molecule has 0 spiro atoms. The van der Waals surface area contributed by atoms with E-state index in [9.17, 15) is 0 Å². The van der Waals surface area contributed by atoms with Crippen LogP contribution in [0.4, 0.5) is 0 Å². The summed E-state index contributed by atoms with van der Waals surface area (Å²) in [4.78, 5) is 9.94. The van der Waals surface area contributed by atoms with E-state index < -0.39 is 0 Å². The first-order valence-electron chi connectivity index (χ1n) is 6.85. The molecule has 4 heteroatoms. The number of hydrogen-bond donors (Lipinski definition) is 1. The van der Waals surface area contributed by atoms with Crippen molar-refractivity contribution in [3.63, 3.8) is 0 Å². The van der Waals surface area contributed by atoms with Crippen LogP contribution in [-0.4, -0.2) is 16.0 Å². The first-order valence-corrected chi connectivity index (χ1v) is 7.66. The Labute approximate surface area is 125 Å². The van der Waals surface area contributed by atoms with Crippen LogP contribution in [-0.2, 0) is 6.54 Å². The van der Waals surface area contributed by atoms with Crippen LogP contribution in [0, 0.1) is 13.8 Å².